The summed E-state index contributed by atoms with van der Waals surface area (Å²) in [6, 6.07) is 4.16. The molecule has 0 aromatic heterocycles. The van der Waals surface area contributed by atoms with Gasteiger partial charge >= 0.3 is 0 Å². The molecule has 0 fully saturated rings. The number of benzene rings is 1. The van der Waals surface area contributed by atoms with E-state index in [2.05, 4.69) is 0 Å². The number of hydrogen-bond donors (Lipinski definition) is 2. The van der Waals surface area contributed by atoms with E-state index in [4.69, 9.17) is 34.2 Å². The van der Waals surface area contributed by atoms with Crippen LogP contribution in [0.5, 0.6) is 5.75 Å². The molecule has 1 rings (SSSR count). The van der Waals surface area contributed by atoms with Crippen molar-refractivity contribution in [2.75, 3.05) is 0 Å². The lowest BCUT2D eigenvalue weighted by Gasteiger charge is -2.11. The van der Waals surface area contributed by atoms with Gasteiger partial charge in [0.05, 0.1) is 22.5 Å². The Kier molecular flexibility index (Phi) is 3.59. The Balaban J connectivity index is 3.10. The molecule has 5 heteroatoms. The minimum Gasteiger partial charge on any atom is -0.508 e. The van der Waals surface area contributed by atoms with E-state index in [1.807, 2.05) is 6.07 Å². The van der Waals surface area contributed by atoms with Crippen molar-refractivity contribution in [3.63, 3.8) is 0 Å². The Hall–Kier alpha value is -0.950. The highest BCUT2D eigenvalue weighted by molar-refractivity contribution is 6.42. The molecule has 3 nitrogen and oxygen atoms in total. The number of nitrogens with two attached hydrogens (primary N) is 1. The Bertz CT molecular complexity index is 387. The van der Waals surface area contributed by atoms with Gasteiger partial charge in [0.1, 0.15) is 5.75 Å². The van der Waals surface area contributed by atoms with E-state index in [1.165, 1.54) is 12.1 Å². The minimum absolute atomic E-state index is 0.0397. The number of phenols is 1. The van der Waals surface area contributed by atoms with Crippen LogP contribution in [0, 0.1) is 11.3 Å². The summed E-state index contributed by atoms with van der Waals surface area (Å²) in [7, 11) is 0. The van der Waals surface area contributed by atoms with Crippen molar-refractivity contribution in [2.24, 2.45) is 5.73 Å². The third-order valence-electron chi connectivity index (χ3n) is 1.78. The average molecular weight is 231 g/mol. The number of rotatable bonds is 2. The van der Waals surface area contributed by atoms with Crippen molar-refractivity contribution in [1.82, 2.24) is 0 Å². The van der Waals surface area contributed by atoms with Crippen LogP contribution in [0.4, 0.5) is 0 Å². The molecule has 1 atom stereocenters. The molecule has 1 aromatic rings. The van der Waals surface area contributed by atoms with E-state index < -0.39 is 6.04 Å². The van der Waals surface area contributed by atoms with Gasteiger partial charge in [0.15, 0.2) is 0 Å². The minimum atomic E-state index is -0.547. The van der Waals surface area contributed by atoms with Crippen molar-refractivity contribution in [2.45, 2.75) is 12.5 Å². The zero-order valence-corrected chi connectivity index (χ0v) is 8.68. The van der Waals surface area contributed by atoms with Crippen LogP contribution < -0.4 is 5.73 Å². The monoisotopic (exact) mass is 230 g/mol. The lowest BCUT2D eigenvalue weighted by Crippen LogP contribution is -2.09. The molecule has 0 saturated heterocycles. The van der Waals surface area contributed by atoms with Crippen LogP contribution in [-0.2, 0) is 0 Å². The molecule has 0 radical (unpaired) electrons. The largest absolute Gasteiger partial charge is 0.508 e. The normalized spacial score (nSPS) is 12.1. The number of hydrogen-bond acceptors (Lipinski definition) is 3. The number of halogens is 2. The van der Waals surface area contributed by atoms with Crippen LogP contribution in [0.2, 0.25) is 10.0 Å². The first-order chi connectivity index (χ1) is 6.56. The maximum atomic E-state index is 9.48. The van der Waals surface area contributed by atoms with Crippen LogP contribution in [0.15, 0.2) is 12.1 Å². The third kappa shape index (κ3) is 2.30. The summed E-state index contributed by atoms with van der Waals surface area (Å²) in [6.07, 6.45) is 0.117. The smallest absolute Gasteiger partial charge is 0.121 e. The van der Waals surface area contributed by atoms with E-state index in [1.54, 1.807) is 0 Å². The second-order valence-electron chi connectivity index (χ2n) is 2.79. The topological polar surface area (TPSA) is 70.0 Å². The highest BCUT2D eigenvalue weighted by Gasteiger charge is 2.13. The van der Waals surface area contributed by atoms with Gasteiger partial charge in [0.25, 0.3) is 0 Å². The fraction of sp³-hybridized carbons (Fsp3) is 0.222. The second kappa shape index (κ2) is 4.52. The molecular formula is C9H8Cl2N2O. The summed E-state index contributed by atoms with van der Waals surface area (Å²) in [6.45, 7) is 0. The number of nitriles is 1. The maximum absolute atomic E-state index is 9.48. The number of phenolic OH excluding ortho intramolecular Hbond substituents is 1. The van der Waals surface area contributed by atoms with Gasteiger partial charge in [-0.2, -0.15) is 5.26 Å². The zero-order valence-electron chi connectivity index (χ0n) is 7.17. The van der Waals surface area contributed by atoms with E-state index in [-0.39, 0.29) is 17.2 Å². The van der Waals surface area contributed by atoms with Crippen LogP contribution in [0.3, 0.4) is 0 Å². The lowest BCUT2D eigenvalue weighted by molar-refractivity contribution is 0.462. The first kappa shape index (κ1) is 11.1. The molecular weight excluding hydrogens is 223 g/mol. The van der Waals surface area contributed by atoms with Crippen molar-refractivity contribution in [1.29, 1.82) is 5.26 Å². The van der Waals surface area contributed by atoms with Crippen molar-refractivity contribution < 1.29 is 5.11 Å². The summed E-state index contributed by atoms with van der Waals surface area (Å²) >= 11 is 11.4. The van der Waals surface area contributed by atoms with Gasteiger partial charge in [0, 0.05) is 17.7 Å². The molecule has 0 aliphatic heterocycles. The standard InChI is InChI=1S/C9H8Cl2N2O/c10-6-3-5(8(13)1-2-12)9(14)4-7(6)11/h3-4,8,14H,1,13H2/t8-/m1/s1. The van der Waals surface area contributed by atoms with E-state index in [0.717, 1.165) is 0 Å². The van der Waals surface area contributed by atoms with Crippen LogP contribution in [0.1, 0.15) is 18.0 Å². The summed E-state index contributed by atoms with van der Waals surface area (Å²) in [5.74, 6) is -0.0397. The molecule has 0 saturated carbocycles. The molecule has 0 unspecified atom stereocenters. The molecule has 0 spiro atoms. The van der Waals surface area contributed by atoms with Gasteiger partial charge in [0.2, 0.25) is 0 Å². The molecule has 1 aromatic carbocycles. The highest BCUT2D eigenvalue weighted by atomic mass is 35.5. The summed E-state index contributed by atoms with van der Waals surface area (Å²) in [5, 5.41) is 18.5. The summed E-state index contributed by atoms with van der Waals surface area (Å²) < 4.78 is 0. The Morgan fingerprint density at radius 3 is 2.57 bits per heavy atom. The van der Waals surface area contributed by atoms with Gasteiger partial charge in [-0.25, -0.2) is 0 Å². The molecule has 74 valence electrons. The lowest BCUT2D eigenvalue weighted by atomic mass is 10.0. The predicted molar refractivity (Wildman–Crippen MR) is 55.3 cm³/mol. The quantitative estimate of drug-likeness (QED) is 0.821. The fourth-order valence-corrected chi connectivity index (χ4v) is 1.39. The van der Waals surface area contributed by atoms with Crippen molar-refractivity contribution in [3.8, 4) is 11.8 Å². The molecule has 0 aliphatic rings. The van der Waals surface area contributed by atoms with Crippen molar-refractivity contribution >= 4 is 23.2 Å². The molecule has 0 aliphatic carbocycles. The predicted octanol–water partition coefficient (Wildman–Crippen LogP) is 2.61. The molecule has 14 heavy (non-hydrogen) atoms. The number of nitrogens with zero attached hydrogens (tertiary/aromatic N) is 1. The first-order valence-electron chi connectivity index (χ1n) is 3.86. The van der Waals surface area contributed by atoms with E-state index in [9.17, 15) is 5.11 Å². The molecule has 0 heterocycles. The molecule has 0 bridgehead atoms. The first-order valence-corrected chi connectivity index (χ1v) is 4.62. The van der Waals surface area contributed by atoms with Gasteiger partial charge in [-0.3, -0.25) is 0 Å². The summed E-state index contributed by atoms with van der Waals surface area (Å²) in [4.78, 5) is 0. The van der Waals surface area contributed by atoms with Crippen molar-refractivity contribution in [3.05, 3.63) is 27.7 Å². The molecule has 0 amide bonds. The maximum Gasteiger partial charge on any atom is 0.121 e. The third-order valence-corrected chi connectivity index (χ3v) is 2.50. The second-order valence-corrected chi connectivity index (χ2v) is 3.61. The SMILES string of the molecule is N#CC[C@@H](N)c1cc(Cl)c(Cl)cc1O. The number of aromatic hydroxyl groups is 1. The van der Waals surface area contributed by atoms with Crippen LogP contribution in [-0.4, -0.2) is 5.11 Å². The fourth-order valence-electron chi connectivity index (χ4n) is 1.06. The summed E-state index contributed by atoms with van der Waals surface area (Å²) in [5.41, 5.74) is 6.07. The molecule has 3 N–H and O–H groups in total. The van der Waals surface area contributed by atoms with E-state index >= 15 is 0 Å². The van der Waals surface area contributed by atoms with Gasteiger partial charge in [-0.15, -0.1) is 0 Å². The Morgan fingerprint density at radius 1 is 1.43 bits per heavy atom. The van der Waals surface area contributed by atoms with Gasteiger partial charge in [-0.1, -0.05) is 23.2 Å². The Labute approximate surface area is 91.7 Å². The van der Waals surface area contributed by atoms with Gasteiger partial charge in [-0.05, 0) is 6.07 Å². The average Bonchev–Trinajstić information content (AvgIpc) is 2.11. The van der Waals surface area contributed by atoms with Crippen LogP contribution in [0.25, 0.3) is 0 Å². The van der Waals surface area contributed by atoms with E-state index in [0.29, 0.717) is 10.6 Å². The Morgan fingerprint density at radius 2 is 2.00 bits per heavy atom. The zero-order chi connectivity index (χ0) is 10.7. The van der Waals surface area contributed by atoms with Crippen LogP contribution >= 0.6 is 23.2 Å². The highest BCUT2D eigenvalue weighted by Crippen LogP contribution is 2.33. The van der Waals surface area contributed by atoms with Gasteiger partial charge < -0.3 is 10.8 Å².